The highest BCUT2D eigenvalue weighted by Crippen LogP contribution is 2.24. The summed E-state index contributed by atoms with van der Waals surface area (Å²) in [6.07, 6.45) is 7.33. The van der Waals surface area contributed by atoms with Crippen molar-refractivity contribution in [2.24, 2.45) is 0 Å². The average Bonchev–Trinajstić information content (AvgIpc) is 2.54. The highest BCUT2D eigenvalue weighted by molar-refractivity contribution is 5.30. The normalized spacial score (nSPS) is 12.1. The molecule has 0 spiro atoms. The molecule has 0 fully saturated rings. The van der Waals surface area contributed by atoms with Crippen LogP contribution in [0.4, 0.5) is 0 Å². The Balaban J connectivity index is 1.91. The summed E-state index contributed by atoms with van der Waals surface area (Å²) >= 11 is 0. The summed E-state index contributed by atoms with van der Waals surface area (Å²) in [5, 5.41) is 10.2. The first-order valence-electron chi connectivity index (χ1n) is 7.59. The van der Waals surface area contributed by atoms with Crippen molar-refractivity contribution in [3.05, 3.63) is 59.9 Å². The molecule has 2 rings (SSSR count). The van der Waals surface area contributed by atoms with Crippen LogP contribution in [0.25, 0.3) is 0 Å². The van der Waals surface area contributed by atoms with Gasteiger partial charge in [-0.15, -0.1) is 0 Å². The van der Waals surface area contributed by atoms with Gasteiger partial charge in [-0.05, 0) is 30.2 Å². The third-order valence-electron chi connectivity index (χ3n) is 3.45. The van der Waals surface area contributed by atoms with Crippen LogP contribution >= 0.6 is 0 Å². The number of benzene rings is 1. The lowest BCUT2D eigenvalue weighted by molar-refractivity contribution is 0.163. The largest absolute Gasteiger partial charge is 0.489 e. The Morgan fingerprint density at radius 3 is 2.86 bits per heavy atom. The van der Waals surface area contributed by atoms with E-state index in [0.29, 0.717) is 6.61 Å². The molecule has 1 atom stereocenters. The zero-order chi connectivity index (χ0) is 14.9. The predicted molar refractivity (Wildman–Crippen MR) is 84.1 cm³/mol. The van der Waals surface area contributed by atoms with Crippen LogP contribution < -0.4 is 4.74 Å². The van der Waals surface area contributed by atoms with Crippen molar-refractivity contribution >= 4 is 0 Å². The van der Waals surface area contributed by atoms with Crippen molar-refractivity contribution in [1.29, 1.82) is 0 Å². The summed E-state index contributed by atoms with van der Waals surface area (Å²) in [4.78, 5) is 4.06. The molecule has 0 radical (unpaired) electrons. The van der Waals surface area contributed by atoms with Crippen molar-refractivity contribution < 1.29 is 9.84 Å². The first kappa shape index (κ1) is 15.5. The summed E-state index contributed by atoms with van der Waals surface area (Å²) in [5.74, 6) is 0.783. The molecule has 3 nitrogen and oxygen atoms in total. The Hall–Kier alpha value is -1.87. The first-order chi connectivity index (χ1) is 10.3. The van der Waals surface area contributed by atoms with Crippen LogP contribution in [0.3, 0.4) is 0 Å². The van der Waals surface area contributed by atoms with Gasteiger partial charge >= 0.3 is 0 Å². The Kier molecular flexibility index (Phi) is 6.22. The molecule has 0 saturated carbocycles. The van der Waals surface area contributed by atoms with Crippen LogP contribution in [0, 0.1) is 0 Å². The zero-order valence-corrected chi connectivity index (χ0v) is 12.5. The lowest BCUT2D eigenvalue weighted by Crippen LogP contribution is -2.00. The van der Waals surface area contributed by atoms with Gasteiger partial charge in [-0.2, -0.15) is 0 Å². The predicted octanol–water partition coefficient (Wildman–Crippen LogP) is 4.27. The molecule has 1 N–H and O–H groups in total. The fraction of sp³-hybridized carbons (Fsp3) is 0.389. The van der Waals surface area contributed by atoms with Gasteiger partial charge in [-0.3, -0.25) is 4.98 Å². The van der Waals surface area contributed by atoms with Crippen LogP contribution in [0.1, 0.15) is 49.8 Å². The Bertz CT molecular complexity index is 528. The van der Waals surface area contributed by atoms with Gasteiger partial charge in [-0.1, -0.05) is 44.4 Å². The minimum absolute atomic E-state index is 0.404. The number of hydrogen-bond donors (Lipinski definition) is 1. The summed E-state index contributed by atoms with van der Waals surface area (Å²) in [6, 6.07) is 11.6. The standard InChI is InChI=1S/C18H23NO2/c1-2-3-4-10-18(20)16-8-5-9-17(12-16)21-14-15-7-6-11-19-13-15/h5-9,11-13,18,20H,2-4,10,14H2,1H3. The van der Waals surface area contributed by atoms with Gasteiger partial charge in [0.25, 0.3) is 0 Å². The number of unbranched alkanes of at least 4 members (excludes halogenated alkanes) is 2. The molecule has 112 valence electrons. The monoisotopic (exact) mass is 285 g/mol. The number of aliphatic hydroxyl groups excluding tert-OH is 1. The number of aliphatic hydroxyl groups is 1. The van der Waals surface area contributed by atoms with Crippen LogP contribution in [0.2, 0.25) is 0 Å². The second-order valence-corrected chi connectivity index (χ2v) is 5.23. The lowest BCUT2D eigenvalue weighted by atomic mass is 10.0. The van der Waals surface area contributed by atoms with E-state index in [-0.39, 0.29) is 0 Å². The lowest BCUT2D eigenvalue weighted by Gasteiger charge is -2.13. The molecule has 2 aromatic rings. The second-order valence-electron chi connectivity index (χ2n) is 5.23. The topological polar surface area (TPSA) is 42.4 Å². The molecular weight excluding hydrogens is 262 g/mol. The van der Waals surface area contributed by atoms with Crippen molar-refractivity contribution in [2.75, 3.05) is 0 Å². The zero-order valence-electron chi connectivity index (χ0n) is 12.5. The molecule has 0 aliphatic carbocycles. The third-order valence-corrected chi connectivity index (χ3v) is 3.45. The molecule has 0 saturated heterocycles. The Morgan fingerprint density at radius 2 is 2.10 bits per heavy atom. The average molecular weight is 285 g/mol. The van der Waals surface area contributed by atoms with Crippen molar-refractivity contribution in [2.45, 2.75) is 45.3 Å². The van der Waals surface area contributed by atoms with E-state index < -0.39 is 6.10 Å². The number of nitrogens with zero attached hydrogens (tertiary/aromatic N) is 1. The molecule has 1 unspecified atom stereocenters. The van der Waals surface area contributed by atoms with Gasteiger partial charge in [0.15, 0.2) is 0 Å². The molecule has 0 bridgehead atoms. The van der Waals surface area contributed by atoms with Gasteiger partial charge in [0.05, 0.1) is 6.10 Å². The SMILES string of the molecule is CCCCCC(O)c1cccc(OCc2cccnc2)c1. The van der Waals surface area contributed by atoms with Crippen molar-refractivity contribution in [1.82, 2.24) is 4.98 Å². The maximum atomic E-state index is 10.2. The van der Waals surface area contributed by atoms with Gasteiger partial charge in [0.1, 0.15) is 12.4 Å². The molecule has 1 aromatic heterocycles. The molecule has 3 heteroatoms. The maximum absolute atomic E-state index is 10.2. The maximum Gasteiger partial charge on any atom is 0.120 e. The van der Waals surface area contributed by atoms with E-state index in [1.165, 1.54) is 6.42 Å². The number of pyridine rings is 1. The molecule has 1 heterocycles. The van der Waals surface area contributed by atoms with Gasteiger partial charge in [-0.25, -0.2) is 0 Å². The fourth-order valence-corrected chi connectivity index (χ4v) is 2.22. The summed E-state index contributed by atoms with van der Waals surface area (Å²) in [6.45, 7) is 2.66. The van der Waals surface area contributed by atoms with Gasteiger partial charge in [0.2, 0.25) is 0 Å². The molecular formula is C18H23NO2. The Labute approximate surface area is 126 Å². The summed E-state index contributed by atoms with van der Waals surface area (Å²) in [5.41, 5.74) is 1.96. The van der Waals surface area contributed by atoms with E-state index >= 15 is 0 Å². The third kappa shape index (κ3) is 5.20. The van der Waals surface area contributed by atoms with Crippen LogP contribution in [-0.2, 0) is 6.61 Å². The minimum Gasteiger partial charge on any atom is -0.489 e. The first-order valence-corrected chi connectivity index (χ1v) is 7.59. The van der Waals surface area contributed by atoms with E-state index in [9.17, 15) is 5.11 Å². The molecule has 0 aliphatic rings. The number of rotatable bonds is 8. The van der Waals surface area contributed by atoms with E-state index in [4.69, 9.17) is 4.74 Å². The highest BCUT2D eigenvalue weighted by Gasteiger charge is 2.08. The number of aromatic nitrogens is 1. The highest BCUT2D eigenvalue weighted by atomic mass is 16.5. The molecule has 0 aliphatic heterocycles. The van der Waals surface area contributed by atoms with E-state index in [1.54, 1.807) is 12.4 Å². The second kappa shape index (κ2) is 8.42. The van der Waals surface area contributed by atoms with E-state index in [0.717, 1.165) is 36.1 Å². The van der Waals surface area contributed by atoms with Crippen LogP contribution in [0.15, 0.2) is 48.8 Å². The number of ether oxygens (including phenoxy) is 1. The fourth-order valence-electron chi connectivity index (χ4n) is 2.22. The van der Waals surface area contributed by atoms with Crippen molar-refractivity contribution in [3.63, 3.8) is 0 Å². The molecule has 0 amide bonds. The molecule has 1 aromatic carbocycles. The quantitative estimate of drug-likeness (QED) is 0.736. The Morgan fingerprint density at radius 1 is 1.19 bits per heavy atom. The number of hydrogen-bond acceptors (Lipinski definition) is 3. The van der Waals surface area contributed by atoms with E-state index in [1.807, 2.05) is 36.4 Å². The van der Waals surface area contributed by atoms with Crippen LogP contribution in [-0.4, -0.2) is 10.1 Å². The van der Waals surface area contributed by atoms with Gasteiger partial charge in [0, 0.05) is 18.0 Å². The summed E-state index contributed by atoms with van der Waals surface area (Å²) in [7, 11) is 0. The minimum atomic E-state index is -0.404. The van der Waals surface area contributed by atoms with Crippen LogP contribution in [0.5, 0.6) is 5.75 Å². The van der Waals surface area contributed by atoms with E-state index in [2.05, 4.69) is 11.9 Å². The molecule has 21 heavy (non-hydrogen) atoms. The smallest absolute Gasteiger partial charge is 0.120 e. The van der Waals surface area contributed by atoms with Crippen molar-refractivity contribution in [3.8, 4) is 5.75 Å². The van der Waals surface area contributed by atoms with Gasteiger partial charge < -0.3 is 9.84 Å². The summed E-state index contributed by atoms with van der Waals surface area (Å²) < 4.78 is 5.76.